The zero-order valence-corrected chi connectivity index (χ0v) is 17.2. The van der Waals surface area contributed by atoms with Gasteiger partial charge in [-0.1, -0.05) is 42.3 Å². The van der Waals surface area contributed by atoms with Crippen molar-refractivity contribution < 1.29 is 18.8 Å². The minimum atomic E-state index is -0.292. The summed E-state index contributed by atoms with van der Waals surface area (Å²) < 4.78 is 19.1. The summed E-state index contributed by atoms with van der Waals surface area (Å²) in [7, 11) is 1.63. The van der Waals surface area contributed by atoms with Gasteiger partial charge >= 0.3 is 0 Å². The first-order chi connectivity index (χ1) is 14.6. The molecule has 0 saturated heterocycles. The lowest BCUT2D eigenvalue weighted by Crippen LogP contribution is -2.40. The van der Waals surface area contributed by atoms with Crippen molar-refractivity contribution in [2.75, 3.05) is 13.7 Å². The van der Waals surface area contributed by atoms with E-state index >= 15 is 0 Å². The predicted octanol–water partition coefficient (Wildman–Crippen LogP) is 4.55. The van der Waals surface area contributed by atoms with E-state index in [1.165, 1.54) is 12.1 Å². The van der Waals surface area contributed by atoms with Crippen LogP contribution in [0.5, 0.6) is 5.75 Å². The molecule has 1 atom stereocenters. The summed E-state index contributed by atoms with van der Waals surface area (Å²) in [5, 5.41) is 4.27. The summed E-state index contributed by atoms with van der Waals surface area (Å²) in [6.07, 6.45) is 4.39. The van der Waals surface area contributed by atoms with Crippen LogP contribution in [0.15, 0.2) is 53.7 Å². The summed E-state index contributed by atoms with van der Waals surface area (Å²) in [5.41, 5.74) is 2.50. The third kappa shape index (κ3) is 4.64. The molecule has 30 heavy (non-hydrogen) atoms. The Morgan fingerprint density at radius 1 is 1.20 bits per heavy atom. The molecule has 1 amide bonds. The number of carbonyl (C=O) groups excluding carboxylic acids is 1. The van der Waals surface area contributed by atoms with E-state index in [9.17, 15) is 9.18 Å². The molecule has 1 aliphatic carbocycles. The highest BCUT2D eigenvalue weighted by atomic mass is 19.1. The maximum Gasteiger partial charge on any atom is 0.226 e. The summed E-state index contributed by atoms with van der Waals surface area (Å²) in [5.74, 6) is 0.638. The van der Waals surface area contributed by atoms with Crippen LogP contribution in [0.25, 0.3) is 0 Å². The van der Waals surface area contributed by atoms with E-state index in [-0.39, 0.29) is 23.7 Å². The fraction of sp³-hybridized carbons (Fsp3) is 0.417. The summed E-state index contributed by atoms with van der Waals surface area (Å²) in [6.45, 7) is 0.797. The maximum absolute atomic E-state index is 13.7. The number of nitrogens with zero attached hydrogens (tertiary/aromatic N) is 2. The second kappa shape index (κ2) is 9.28. The van der Waals surface area contributed by atoms with E-state index in [1.807, 2.05) is 35.2 Å². The number of rotatable bonds is 7. The predicted molar refractivity (Wildman–Crippen MR) is 113 cm³/mol. The summed E-state index contributed by atoms with van der Waals surface area (Å²) in [4.78, 5) is 20.7. The summed E-state index contributed by atoms with van der Waals surface area (Å²) >= 11 is 0. The van der Waals surface area contributed by atoms with E-state index in [2.05, 4.69) is 5.16 Å². The molecule has 4 rings (SSSR count). The molecule has 1 fully saturated rings. The Bertz CT molecular complexity index is 924. The number of ether oxygens (including phenoxy) is 1. The average molecular weight is 410 g/mol. The topological polar surface area (TPSA) is 51.1 Å². The minimum absolute atomic E-state index is 0.0505. The van der Waals surface area contributed by atoms with Gasteiger partial charge in [-0.25, -0.2) is 4.39 Å². The highest BCUT2D eigenvalue weighted by molar-refractivity contribution is 6.03. The zero-order chi connectivity index (χ0) is 20.9. The van der Waals surface area contributed by atoms with Gasteiger partial charge in [0.1, 0.15) is 11.6 Å². The molecule has 2 aliphatic rings. The maximum atomic E-state index is 13.7. The number of benzene rings is 2. The molecule has 0 spiro atoms. The molecule has 158 valence electrons. The molecular formula is C24H27FN2O3. The fourth-order valence-corrected chi connectivity index (χ4v) is 4.33. The van der Waals surface area contributed by atoms with Gasteiger partial charge in [0.15, 0.2) is 6.10 Å². The fourth-order valence-electron chi connectivity index (χ4n) is 4.33. The normalized spacial score (nSPS) is 18.7. The first-order valence-electron chi connectivity index (χ1n) is 10.5. The molecule has 2 aromatic rings. The van der Waals surface area contributed by atoms with Crippen LogP contribution in [0, 0.1) is 11.7 Å². The minimum Gasteiger partial charge on any atom is -0.496 e. The lowest BCUT2D eigenvalue weighted by Gasteiger charge is -2.27. The molecule has 0 radical (unpaired) electrons. The molecule has 5 nitrogen and oxygen atoms in total. The van der Waals surface area contributed by atoms with Crippen molar-refractivity contribution in [1.29, 1.82) is 0 Å². The Balaban J connectivity index is 1.47. The second-order valence-electron chi connectivity index (χ2n) is 8.00. The molecule has 6 heteroatoms. The number of halogens is 1. The number of para-hydroxylation sites is 1. The molecule has 0 N–H and O–H groups in total. The lowest BCUT2D eigenvalue weighted by atomic mass is 10.0. The largest absolute Gasteiger partial charge is 0.496 e. The smallest absolute Gasteiger partial charge is 0.226 e. The number of hydrogen-bond acceptors (Lipinski definition) is 4. The standard InChI is InChI=1S/C24H27FN2O3/c1-29-23-12-5-4-11-21(23)22-14-20(30-26-22)16-27(24(28)18-8-2-3-9-18)15-17-7-6-10-19(25)13-17/h4-7,10-13,18,20H,2-3,8-9,14-16H2,1H3/t20-/m1/s1. The van der Waals surface area contributed by atoms with E-state index in [0.717, 1.165) is 48.3 Å². The number of methoxy groups -OCH3 is 1. The zero-order valence-electron chi connectivity index (χ0n) is 17.2. The van der Waals surface area contributed by atoms with Crippen LogP contribution in [0.3, 0.4) is 0 Å². The van der Waals surface area contributed by atoms with Crippen molar-refractivity contribution in [2.45, 2.75) is 44.8 Å². The quantitative estimate of drug-likeness (QED) is 0.673. The molecule has 0 bridgehead atoms. The van der Waals surface area contributed by atoms with E-state index in [0.29, 0.717) is 19.5 Å². The number of amides is 1. The van der Waals surface area contributed by atoms with Gasteiger partial charge in [-0.2, -0.15) is 0 Å². The Morgan fingerprint density at radius 2 is 2.00 bits per heavy atom. The second-order valence-corrected chi connectivity index (χ2v) is 8.00. The average Bonchev–Trinajstić information content (AvgIpc) is 3.45. The number of hydrogen-bond donors (Lipinski definition) is 0. The SMILES string of the molecule is COc1ccccc1C1=NO[C@@H](CN(Cc2cccc(F)c2)C(=O)C2CCCC2)C1. The van der Waals surface area contributed by atoms with Crippen LogP contribution in [-0.2, 0) is 16.2 Å². The van der Waals surface area contributed by atoms with Crippen LogP contribution >= 0.6 is 0 Å². The van der Waals surface area contributed by atoms with Gasteiger partial charge in [0.2, 0.25) is 5.91 Å². The Kier molecular flexibility index (Phi) is 6.31. The molecule has 1 saturated carbocycles. The Hall–Kier alpha value is -2.89. The van der Waals surface area contributed by atoms with Crippen molar-refractivity contribution in [1.82, 2.24) is 4.90 Å². The van der Waals surface area contributed by atoms with Gasteiger partial charge in [-0.15, -0.1) is 0 Å². The van der Waals surface area contributed by atoms with Crippen LogP contribution < -0.4 is 4.74 Å². The first-order valence-corrected chi connectivity index (χ1v) is 10.5. The van der Waals surface area contributed by atoms with E-state index in [4.69, 9.17) is 9.57 Å². The van der Waals surface area contributed by atoms with Crippen molar-refractivity contribution in [3.05, 3.63) is 65.5 Å². The van der Waals surface area contributed by atoms with Crippen LogP contribution in [-0.4, -0.2) is 36.3 Å². The van der Waals surface area contributed by atoms with Gasteiger partial charge in [-0.05, 0) is 42.7 Å². The molecule has 2 aromatic carbocycles. The van der Waals surface area contributed by atoms with Crippen molar-refractivity contribution in [3.8, 4) is 5.75 Å². The van der Waals surface area contributed by atoms with E-state index < -0.39 is 0 Å². The van der Waals surface area contributed by atoms with Gasteiger partial charge < -0.3 is 14.5 Å². The van der Waals surface area contributed by atoms with Crippen molar-refractivity contribution >= 4 is 11.6 Å². The van der Waals surface area contributed by atoms with E-state index in [1.54, 1.807) is 13.2 Å². The van der Waals surface area contributed by atoms with Crippen molar-refractivity contribution in [2.24, 2.45) is 11.1 Å². The number of carbonyl (C=O) groups is 1. The molecular weight excluding hydrogens is 383 g/mol. The van der Waals surface area contributed by atoms with Crippen LogP contribution in [0.2, 0.25) is 0 Å². The Morgan fingerprint density at radius 3 is 2.77 bits per heavy atom. The molecule has 1 heterocycles. The molecule has 0 unspecified atom stereocenters. The molecule has 1 aliphatic heterocycles. The van der Waals surface area contributed by atoms with Crippen molar-refractivity contribution in [3.63, 3.8) is 0 Å². The van der Waals surface area contributed by atoms with Gasteiger partial charge in [-0.3, -0.25) is 4.79 Å². The first kappa shape index (κ1) is 20.4. The third-order valence-corrected chi connectivity index (χ3v) is 5.85. The van der Waals surface area contributed by atoms with Gasteiger partial charge in [0.05, 0.1) is 19.4 Å². The highest BCUT2D eigenvalue weighted by Crippen LogP contribution is 2.29. The van der Waals surface area contributed by atoms with Gasteiger partial charge in [0.25, 0.3) is 0 Å². The number of oxime groups is 1. The Labute approximate surface area is 176 Å². The summed E-state index contributed by atoms with van der Waals surface area (Å²) in [6, 6.07) is 14.1. The van der Waals surface area contributed by atoms with Crippen LogP contribution in [0.4, 0.5) is 4.39 Å². The monoisotopic (exact) mass is 410 g/mol. The highest BCUT2D eigenvalue weighted by Gasteiger charge is 2.32. The molecule has 0 aromatic heterocycles. The third-order valence-electron chi connectivity index (χ3n) is 5.85. The van der Waals surface area contributed by atoms with Crippen LogP contribution in [0.1, 0.15) is 43.2 Å². The lowest BCUT2D eigenvalue weighted by molar-refractivity contribution is -0.137. The van der Waals surface area contributed by atoms with Gasteiger partial charge in [0, 0.05) is 24.4 Å².